The molecule has 2 aromatic rings. The van der Waals surface area contributed by atoms with E-state index in [-0.39, 0.29) is 12.0 Å². The van der Waals surface area contributed by atoms with E-state index in [0.717, 1.165) is 28.3 Å². The summed E-state index contributed by atoms with van der Waals surface area (Å²) < 4.78 is 5.94. The standard InChI is InChI=1S/C19H23N5O2S2/c1-10-4-11(2)15(21-6-10)16(25)22-14-8-27-17(23-14)19-9-26-12(3)5-13(19)7-28-18(20)24-19/h4,6,8,12-13H,5,7,9H2,1-3H3,(H2,20,24)(H,22,25). The summed E-state index contributed by atoms with van der Waals surface area (Å²) in [5, 5.41) is 6.10. The average molecular weight is 418 g/mol. The van der Waals surface area contributed by atoms with E-state index in [1.54, 1.807) is 18.0 Å². The van der Waals surface area contributed by atoms with Crippen molar-refractivity contribution in [3.63, 3.8) is 0 Å². The molecule has 0 radical (unpaired) electrons. The summed E-state index contributed by atoms with van der Waals surface area (Å²) in [4.78, 5) is 26.3. The number of fused-ring (bicyclic) bond motifs is 1. The zero-order valence-electron chi connectivity index (χ0n) is 16.1. The van der Waals surface area contributed by atoms with Gasteiger partial charge < -0.3 is 15.8 Å². The Balaban J connectivity index is 1.60. The highest BCUT2D eigenvalue weighted by atomic mass is 32.2. The largest absolute Gasteiger partial charge is 0.379 e. The summed E-state index contributed by atoms with van der Waals surface area (Å²) in [6, 6.07) is 1.94. The number of ether oxygens (including phenoxy) is 1. The number of aromatic nitrogens is 2. The Kier molecular flexibility index (Phi) is 5.15. The Hall–Kier alpha value is -1.97. The number of amidine groups is 1. The van der Waals surface area contributed by atoms with Crippen molar-refractivity contribution in [2.24, 2.45) is 16.6 Å². The molecule has 148 valence electrons. The molecule has 1 saturated heterocycles. The van der Waals surface area contributed by atoms with E-state index in [1.807, 2.05) is 25.3 Å². The number of hydrogen-bond donors (Lipinski definition) is 2. The van der Waals surface area contributed by atoms with Crippen LogP contribution in [0.5, 0.6) is 0 Å². The second kappa shape index (κ2) is 7.46. The number of nitrogens with zero attached hydrogens (tertiary/aromatic N) is 3. The molecular weight excluding hydrogens is 394 g/mol. The lowest BCUT2D eigenvalue weighted by atomic mass is 9.80. The van der Waals surface area contributed by atoms with Crippen molar-refractivity contribution in [1.82, 2.24) is 9.97 Å². The molecule has 4 heterocycles. The predicted octanol–water partition coefficient (Wildman–Crippen LogP) is 3.09. The van der Waals surface area contributed by atoms with Crippen LogP contribution in [0.1, 0.15) is 40.0 Å². The number of hydrogen-bond acceptors (Lipinski definition) is 8. The third-order valence-corrected chi connectivity index (χ3v) is 7.13. The molecule has 2 aliphatic heterocycles. The van der Waals surface area contributed by atoms with Gasteiger partial charge in [-0.2, -0.15) is 0 Å². The van der Waals surface area contributed by atoms with Gasteiger partial charge in [0.05, 0.1) is 12.7 Å². The normalized spacial score (nSPS) is 27.0. The maximum absolute atomic E-state index is 12.6. The number of carbonyl (C=O) groups is 1. The van der Waals surface area contributed by atoms with E-state index >= 15 is 0 Å². The second-order valence-corrected chi connectivity index (χ2v) is 9.31. The number of aliphatic imine (C=N–C) groups is 1. The van der Waals surface area contributed by atoms with Crippen LogP contribution in [-0.4, -0.2) is 39.5 Å². The molecule has 0 aliphatic carbocycles. The number of thioether (sulfide) groups is 1. The first-order valence-electron chi connectivity index (χ1n) is 9.18. The predicted molar refractivity (Wildman–Crippen MR) is 113 cm³/mol. The Bertz CT molecular complexity index is 944. The molecule has 0 aromatic carbocycles. The summed E-state index contributed by atoms with van der Waals surface area (Å²) >= 11 is 3.07. The lowest BCUT2D eigenvalue weighted by molar-refractivity contribution is -0.0466. The quantitative estimate of drug-likeness (QED) is 0.796. The van der Waals surface area contributed by atoms with Gasteiger partial charge in [0.1, 0.15) is 22.1 Å². The first-order chi connectivity index (χ1) is 13.4. The SMILES string of the molecule is Cc1cnc(C(=O)Nc2csc(C34COC(C)CC3CSC(N)=N4)n2)c(C)c1. The van der Waals surface area contributed by atoms with Crippen molar-refractivity contribution >= 4 is 40.0 Å². The zero-order chi connectivity index (χ0) is 19.9. The van der Waals surface area contributed by atoms with Gasteiger partial charge in [-0.3, -0.25) is 9.78 Å². The Morgan fingerprint density at radius 3 is 3.04 bits per heavy atom. The van der Waals surface area contributed by atoms with E-state index in [4.69, 9.17) is 15.5 Å². The topological polar surface area (TPSA) is 102 Å². The second-order valence-electron chi connectivity index (χ2n) is 7.41. The van der Waals surface area contributed by atoms with E-state index in [1.165, 1.54) is 11.3 Å². The molecular formula is C19H23N5O2S2. The number of aryl methyl sites for hydroxylation is 2. The van der Waals surface area contributed by atoms with Gasteiger partial charge in [0.15, 0.2) is 5.17 Å². The molecule has 9 heteroatoms. The van der Waals surface area contributed by atoms with Crippen LogP contribution < -0.4 is 11.1 Å². The van der Waals surface area contributed by atoms with E-state index in [9.17, 15) is 4.79 Å². The molecule has 3 atom stereocenters. The van der Waals surface area contributed by atoms with Crippen LogP contribution in [0, 0.1) is 19.8 Å². The molecule has 4 rings (SSSR count). The average Bonchev–Trinajstić information content (AvgIpc) is 3.11. The summed E-state index contributed by atoms with van der Waals surface area (Å²) in [6.07, 6.45) is 2.80. The Morgan fingerprint density at radius 2 is 2.25 bits per heavy atom. The molecule has 3 N–H and O–H groups in total. The minimum absolute atomic E-state index is 0.197. The zero-order valence-corrected chi connectivity index (χ0v) is 17.7. The Morgan fingerprint density at radius 1 is 1.43 bits per heavy atom. The van der Waals surface area contributed by atoms with Crippen LogP contribution in [0.15, 0.2) is 22.6 Å². The molecule has 28 heavy (non-hydrogen) atoms. The molecule has 1 fully saturated rings. The lowest BCUT2D eigenvalue weighted by Crippen LogP contribution is -2.49. The number of nitrogens with two attached hydrogens (primary N) is 1. The fourth-order valence-electron chi connectivity index (χ4n) is 3.74. The minimum atomic E-state index is -0.562. The maximum Gasteiger partial charge on any atom is 0.275 e. The summed E-state index contributed by atoms with van der Waals surface area (Å²) in [7, 11) is 0. The number of rotatable bonds is 3. The van der Waals surface area contributed by atoms with Gasteiger partial charge >= 0.3 is 0 Å². The first-order valence-corrected chi connectivity index (χ1v) is 11.0. The number of carbonyl (C=O) groups excluding carboxylic acids is 1. The van der Waals surface area contributed by atoms with Gasteiger partial charge in [-0.1, -0.05) is 17.8 Å². The van der Waals surface area contributed by atoms with Crippen molar-refractivity contribution in [2.75, 3.05) is 17.7 Å². The fourth-order valence-corrected chi connectivity index (χ4v) is 5.71. The van der Waals surface area contributed by atoms with Crippen LogP contribution in [-0.2, 0) is 10.3 Å². The molecule has 0 bridgehead atoms. The summed E-state index contributed by atoms with van der Waals surface area (Å²) in [6.45, 7) is 6.37. The van der Waals surface area contributed by atoms with Gasteiger partial charge in [-0.15, -0.1) is 11.3 Å². The molecule has 1 amide bonds. The minimum Gasteiger partial charge on any atom is -0.379 e. The van der Waals surface area contributed by atoms with Crippen molar-refractivity contribution < 1.29 is 9.53 Å². The highest BCUT2D eigenvalue weighted by Crippen LogP contribution is 2.47. The summed E-state index contributed by atoms with van der Waals surface area (Å²) in [5.41, 5.74) is 7.75. The molecule has 7 nitrogen and oxygen atoms in total. The van der Waals surface area contributed by atoms with E-state index in [0.29, 0.717) is 29.2 Å². The van der Waals surface area contributed by atoms with Crippen LogP contribution >= 0.6 is 23.1 Å². The smallest absolute Gasteiger partial charge is 0.275 e. The molecule has 0 saturated carbocycles. The van der Waals surface area contributed by atoms with E-state index < -0.39 is 5.54 Å². The third-order valence-electron chi connectivity index (χ3n) is 5.17. The summed E-state index contributed by atoms with van der Waals surface area (Å²) in [5.74, 6) is 1.45. The maximum atomic E-state index is 12.6. The van der Waals surface area contributed by atoms with Gasteiger partial charge in [0, 0.05) is 23.2 Å². The highest BCUT2D eigenvalue weighted by Gasteiger charge is 2.49. The van der Waals surface area contributed by atoms with E-state index in [2.05, 4.69) is 22.2 Å². The number of nitrogens with one attached hydrogen (secondary N) is 1. The van der Waals surface area contributed by atoms with Crippen LogP contribution in [0.2, 0.25) is 0 Å². The fraction of sp³-hybridized carbons (Fsp3) is 0.474. The van der Waals surface area contributed by atoms with Crippen molar-refractivity contribution in [3.8, 4) is 0 Å². The van der Waals surface area contributed by atoms with Crippen LogP contribution in [0.25, 0.3) is 0 Å². The van der Waals surface area contributed by atoms with Gasteiger partial charge in [-0.05, 0) is 38.3 Å². The third kappa shape index (κ3) is 3.54. The molecule has 2 aliphatic rings. The Labute approximate surface area is 172 Å². The van der Waals surface area contributed by atoms with Crippen molar-refractivity contribution in [2.45, 2.75) is 38.8 Å². The molecule has 2 aromatic heterocycles. The number of amides is 1. The van der Waals surface area contributed by atoms with Crippen molar-refractivity contribution in [1.29, 1.82) is 0 Å². The van der Waals surface area contributed by atoms with Gasteiger partial charge in [0.25, 0.3) is 5.91 Å². The van der Waals surface area contributed by atoms with Crippen LogP contribution in [0.3, 0.4) is 0 Å². The molecule has 0 spiro atoms. The number of pyridine rings is 1. The highest BCUT2D eigenvalue weighted by molar-refractivity contribution is 8.13. The lowest BCUT2D eigenvalue weighted by Gasteiger charge is -2.44. The first kappa shape index (κ1) is 19.4. The van der Waals surface area contributed by atoms with Crippen molar-refractivity contribution in [3.05, 3.63) is 39.5 Å². The molecule has 3 unspecified atom stereocenters. The monoisotopic (exact) mass is 417 g/mol. The number of thiazole rings is 1. The van der Waals surface area contributed by atoms with Gasteiger partial charge in [-0.25, -0.2) is 9.98 Å². The number of anilines is 1. The van der Waals surface area contributed by atoms with Crippen LogP contribution in [0.4, 0.5) is 5.82 Å². The van der Waals surface area contributed by atoms with Gasteiger partial charge in [0.2, 0.25) is 0 Å².